The molecule has 3 heteroatoms. The third-order valence-corrected chi connectivity index (χ3v) is 6.84. The van der Waals surface area contributed by atoms with Crippen molar-refractivity contribution >= 4 is 17.7 Å². The van der Waals surface area contributed by atoms with Gasteiger partial charge in [-0.25, -0.2) is 0 Å². The van der Waals surface area contributed by atoms with Gasteiger partial charge in [0.1, 0.15) is 0 Å². The Morgan fingerprint density at radius 2 is 1.72 bits per heavy atom. The highest BCUT2D eigenvalue weighted by molar-refractivity contribution is 8.01. The first-order chi connectivity index (χ1) is 12.3. The lowest BCUT2D eigenvalue weighted by Crippen LogP contribution is -2.43. The van der Waals surface area contributed by atoms with Crippen molar-refractivity contribution in [3.8, 4) is 0 Å². The van der Waals surface area contributed by atoms with Crippen molar-refractivity contribution < 1.29 is 4.79 Å². The number of carbonyl (C=O) groups excluding carboxylic acids is 1. The van der Waals surface area contributed by atoms with Gasteiger partial charge in [-0.05, 0) is 55.2 Å². The van der Waals surface area contributed by atoms with Crippen molar-refractivity contribution in [3.63, 3.8) is 0 Å². The molecule has 1 unspecified atom stereocenters. The predicted octanol–water partition coefficient (Wildman–Crippen LogP) is 4.57. The van der Waals surface area contributed by atoms with E-state index in [0.29, 0.717) is 5.91 Å². The number of likely N-dealkylation sites (tertiary alicyclic amines) is 1. The standard InChI is InChI=1S/C22H25NOS/c24-22(21-16-19-8-4-5-9-20(19)25-21)23-14-12-18(13-15-23)11-10-17-6-2-1-3-7-17/h1-9,18,21H,10-16H2. The van der Waals surface area contributed by atoms with Crippen LogP contribution in [0.15, 0.2) is 59.5 Å². The molecule has 2 aromatic carbocycles. The predicted molar refractivity (Wildman–Crippen MR) is 104 cm³/mol. The summed E-state index contributed by atoms with van der Waals surface area (Å²) in [5.41, 5.74) is 2.77. The molecule has 0 saturated carbocycles. The Hall–Kier alpha value is -1.74. The van der Waals surface area contributed by atoms with E-state index in [4.69, 9.17) is 0 Å². The van der Waals surface area contributed by atoms with E-state index in [1.165, 1.54) is 22.4 Å². The molecule has 0 radical (unpaired) electrons. The van der Waals surface area contributed by atoms with Crippen LogP contribution in [0, 0.1) is 5.92 Å². The lowest BCUT2D eigenvalue weighted by Gasteiger charge is -2.33. The topological polar surface area (TPSA) is 20.3 Å². The molecule has 1 fully saturated rings. The van der Waals surface area contributed by atoms with Crippen LogP contribution in [0.4, 0.5) is 0 Å². The summed E-state index contributed by atoms with van der Waals surface area (Å²) in [7, 11) is 0. The van der Waals surface area contributed by atoms with E-state index in [-0.39, 0.29) is 5.25 Å². The molecule has 2 nitrogen and oxygen atoms in total. The lowest BCUT2D eigenvalue weighted by molar-refractivity contribution is -0.131. The number of thioether (sulfide) groups is 1. The van der Waals surface area contributed by atoms with Crippen LogP contribution < -0.4 is 0 Å². The molecule has 0 bridgehead atoms. The minimum Gasteiger partial charge on any atom is -0.342 e. The Bertz CT molecular complexity index is 697. The monoisotopic (exact) mass is 351 g/mol. The van der Waals surface area contributed by atoms with Crippen LogP contribution in [0.5, 0.6) is 0 Å². The number of aryl methyl sites for hydroxylation is 1. The van der Waals surface area contributed by atoms with Crippen LogP contribution in [-0.4, -0.2) is 29.1 Å². The van der Waals surface area contributed by atoms with Gasteiger partial charge in [0.2, 0.25) is 5.91 Å². The van der Waals surface area contributed by atoms with Gasteiger partial charge in [0.25, 0.3) is 0 Å². The quantitative estimate of drug-likeness (QED) is 0.804. The smallest absolute Gasteiger partial charge is 0.236 e. The van der Waals surface area contributed by atoms with Crippen LogP contribution in [0.25, 0.3) is 0 Å². The summed E-state index contributed by atoms with van der Waals surface area (Å²) in [6.45, 7) is 1.87. The minimum absolute atomic E-state index is 0.0956. The molecule has 130 valence electrons. The van der Waals surface area contributed by atoms with Crippen molar-refractivity contribution in [1.82, 2.24) is 4.90 Å². The average Bonchev–Trinajstić information content (AvgIpc) is 3.11. The van der Waals surface area contributed by atoms with E-state index in [0.717, 1.165) is 44.7 Å². The Morgan fingerprint density at radius 3 is 2.48 bits per heavy atom. The van der Waals surface area contributed by atoms with Gasteiger partial charge < -0.3 is 4.90 Å². The third-order valence-electron chi connectivity index (χ3n) is 5.53. The summed E-state index contributed by atoms with van der Waals surface area (Å²) in [5, 5.41) is 0.0956. The number of hydrogen-bond acceptors (Lipinski definition) is 2. The molecule has 2 heterocycles. The number of carbonyl (C=O) groups is 1. The van der Waals surface area contributed by atoms with Crippen LogP contribution in [0.3, 0.4) is 0 Å². The number of fused-ring (bicyclic) bond motifs is 1. The normalized spacial score (nSPS) is 20.5. The van der Waals surface area contributed by atoms with Gasteiger partial charge in [0.15, 0.2) is 0 Å². The first kappa shape index (κ1) is 16.7. The van der Waals surface area contributed by atoms with E-state index in [2.05, 4.69) is 59.5 Å². The molecule has 1 saturated heterocycles. The molecule has 0 N–H and O–H groups in total. The van der Waals surface area contributed by atoms with Gasteiger partial charge in [0, 0.05) is 18.0 Å². The van der Waals surface area contributed by atoms with Gasteiger partial charge in [-0.1, -0.05) is 48.5 Å². The zero-order chi connectivity index (χ0) is 17.1. The number of benzene rings is 2. The van der Waals surface area contributed by atoms with Crippen molar-refractivity contribution in [2.24, 2.45) is 5.92 Å². The second-order valence-electron chi connectivity index (χ2n) is 7.21. The molecule has 2 aliphatic rings. The van der Waals surface area contributed by atoms with Crippen molar-refractivity contribution in [2.45, 2.75) is 42.2 Å². The second kappa shape index (κ2) is 7.65. The minimum atomic E-state index is 0.0956. The number of nitrogens with zero attached hydrogens (tertiary/aromatic N) is 1. The third kappa shape index (κ3) is 3.92. The summed E-state index contributed by atoms with van der Waals surface area (Å²) in [6.07, 6.45) is 5.61. The van der Waals surface area contributed by atoms with E-state index in [9.17, 15) is 4.79 Å². The van der Waals surface area contributed by atoms with Gasteiger partial charge >= 0.3 is 0 Å². The maximum atomic E-state index is 12.9. The van der Waals surface area contributed by atoms with Gasteiger partial charge in [0.05, 0.1) is 5.25 Å². The zero-order valence-corrected chi connectivity index (χ0v) is 15.4. The molecule has 1 atom stereocenters. The largest absolute Gasteiger partial charge is 0.342 e. The van der Waals surface area contributed by atoms with Gasteiger partial charge in [-0.2, -0.15) is 0 Å². The Balaban J connectivity index is 1.25. The fourth-order valence-electron chi connectivity index (χ4n) is 3.98. The first-order valence-corrected chi connectivity index (χ1v) is 10.2. The van der Waals surface area contributed by atoms with E-state index >= 15 is 0 Å². The van der Waals surface area contributed by atoms with Gasteiger partial charge in [-0.15, -0.1) is 11.8 Å². The van der Waals surface area contributed by atoms with E-state index in [1.807, 2.05) is 0 Å². The molecule has 0 aromatic heterocycles. The summed E-state index contributed by atoms with van der Waals surface area (Å²) in [5.74, 6) is 1.11. The summed E-state index contributed by atoms with van der Waals surface area (Å²) in [4.78, 5) is 16.3. The Morgan fingerprint density at radius 1 is 1.00 bits per heavy atom. The average molecular weight is 352 g/mol. The molecule has 2 aromatic rings. The van der Waals surface area contributed by atoms with Crippen LogP contribution in [0.2, 0.25) is 0 Å². The summed E-state index contributed by atoms with van der Waals surface area (Å²) >= 11 is 1.76. The molecular formula is C22H25NOS. The SMILES string of the molecule is O=C(C1Cc2ccccc2S1)N1CCC(CCc2ccccc2)CC1. The number of rotatable bonds is 4. The van der Waals surface area contributed by atoms with E-state index < -0.39 is 0 Å². The second-order valence-corrected chi connectivity index (χ2v) is 8.46. The van der Waals surface area contributed by atoms with Gasteiger partial charge in [-0.3, -0.25) is 4.79 Å². The maximum absolute atomic E-state index is 12.9. The summed E-state index contributed by atoms with van der Waals surface area (Å²) < 4.78 is 0. The number of amides is 1. The molecule has 0 aliphatic carbocycles. The van der Waals surface area contributed by atoms with E-state index in [1.54, 1.807) is 11.8 Å². The maximum Gasteiger partial charge on any atom is 0.236 e. The van der Waals surface area contributed by atoms with Crippen molar-refractivity contribution in [3.05, 3.63) is 65.7 Å². The highest BCUT2D eigenvalue weighted by Crippen LogP contribution is 2.38. The first-order valence-electron chi connectivity index (χ1n) is 9.37. The zero-order valence-electron chi connectivity index (χ0n) is 14.6. The molecular weight excluding hydrogens is 326 g/mol. The number of hydrogen-bond donors (Lipinski definition) is 0. The molecule has 1 amide bonds. The lowest BCUT2D eigenvalue weighted by atomic mass is 9.90. The van der Waals surface area contributed by atoms with Crippen molar-refractivity contribution in [1.29, 1.82) is 0 Å². The fourth-order valence-corrected chi connectivity index (χ4v) is 5.26. The fraction of sp³-hybridized carbons (Fsp3) is 0.409. The highest BCUT2D eigenvalue weighted by atomic mass is 32.2. The van der Waals surface area contributed by atoms with Crippen LogP contribution >= 0.6 is 11.8 Å². The number of piperidine rings is 1. The highest BCUT2D eigenvalue weighted by Gasteiger charge is 2.32. The summed E-state index contributed by atoms with van der Waals surface area (Å²) in [6, 6.07) is 19.2. The van der Waals surface area contributed by atoms with Crippen molar-refractivity contribution in [2.75, 3.05) is 13.1 Å². The molecule has 4 rings (SSSR count). The molecule has 0 spiro atoms. The Labute approximate surface area is 154 Å². The van der Waals surface area contributed by atoms with Crippen LogP contribution in [0.1, 0.15) is 30.4 Å². The molecule has 25 heavy (non-hydrogen) atoms. The Kier molecular flexibility index (Phi) is 5.12. The molecule has 2 aliphatic heterocycles. The van der Waals surface area contributed by atoms with Crippen LogP contribution in [-0.2, 0) is 17.6 Å².